The number of carbonyl (C=O) groups is 1. The molecule has 0 saturated heterocycles. The van der Waals surface area contributed by atoms with E-state index in [-0.39, 0.29) is 22.9 Å². The Bertz CT molecular complexity index is 449. The minimum absolute atomic E-state index is 0.204. The number of hydrogen-bond donors (Lipinski definition) is 2. The van der Waals surface area contributed by atoms with Crippen molar-refractivity contribution in [2.45, 2.75) is 42.6 Å². The summed E-state index contributed by atoms with van der Waals surface area (Å²) in [5.41, 5.74) is 5.05. The molecule has 1 atom stereocenters. The predicted octanol–water partition coefficient (Wildman–Crippen LogP) is 0.262. The highest BCUT2D eigenvalue weighted by molar-refractivity contribution is 8.00. The van der Waals surface area contributed by atoms with Crippen molar-refractivity contribution in [3.8, 4) is 0 Å². The van der Waals surface area contributed by atoms with Crippen molar-refractivity contribution in [3.63, 3.8) is 0 Å². The van der Waals surface area contributed by atoms with E-state index >= 15 is 0 Å². The van der Waals surface area contributed by atoms with E-state index < -0.39 is 0 Å². The topological polar surface area (TPSA) is 93.8 Å². The number of primary amides is 1. The van der Waals surface area contributed by atoms with Gasteiger partial charge in [0.25, 0.3) is 0 Å². The van der Waals surface area contributed by atoms with Gasteiger partial charge in [0, 0.05) is 6.04 Å². The molecule has 0 aliphatic heterocycles. The monoisotopic (exact) mass is 242 g/mol. The van der Waals surface area contributed by atoms with Crippen molar-refractivity contribution in [3.05, 3.63) is 10.5 Å². The summed E-state index contributed by atoms with van der Waals surface area (Å²) in [6, 6.07) is 0.249. The van der Waals surface area contributed by atoms with E-state index in [4.69, 9.17) is 5.73 Å². The average Bonchev–Trinajstić information content (AvgIpc) is 3.00. The molecule has 1 heterocycles. The Morgan fingerprint density at radius 1 is 1.75 bits per heavy atom. The normalized spacial score (nSPS) is 17.3. The second-order valence-electron chi connectivity index (χ2n) is 3.83. The first kappa shape index (κ1) is 11.3. The predicted molar refractivity (Wildman–Crippen MR) is 60.2 cm³/mol. The molecule has 1 amide bonds. The van der Waals surface area contributed by atoms with Crippen molar-refractivity contribution < 1.29 is 4.79 Å². The molecular formula is C9H14N4O2S. The van der Waals surface area contributed by atoms with E-state index in [1.54, 1.807) is 4.57 Å². The van der Waals surface area contributed by atoms with Crippen LogP contribution in [-0.4, -0.2) is 25.9 Å². The number of rotatable bonds is 5. The number of aromatic amines is 1. The SMILES string of the molecule is CCC(Sc1n[nH]c(=O)n1C1CC1)C(N)=O. The van der Waals surface area contributed by atoms with Crippen LogP contribution in [0.3, 0.4) is 0 Å². The lowest BCUT2D eigenvalue weighted by molar-refractivity contribution is -0.117. The molecule has 1 aliphatic carbocycles. The van der Waals surface area contributed by atoms with Crippen LogP contribution < -0.4 is 11.4 Å². The van der Waals surface area contributed by atoms with Gasteiger partial charge in [-0.2, -0.15) is 0 Å². The smallest absolute Gasteiger partial charge is 0.344 e. The lowest BCUT2D eigenvalue weighted by Gasteiger charge is -2.09. The number of amides is 1. The number of nitrogens with zero attached hydrogens (tertiary/aromatic N) is 2. The molecule has 3 N–H and O–H groups in total. The fourth-order valence-electron chi connectivity index (χ4n) is 1.50. The summed E-state index contributed by atoms with van der Waals surface area (Å²) < 4.78 is 1.62. The molecule has 88 valence electrons. The van der Waals surface area contributed by atoms with E-state index in [1.807, 2.05) is 6.92 Å². The summed E-state index contributed by atoms with van der Waals surface area (Å²) in [4.78, 5) is 22.6. The number of thioether (sulfide) groups is 1. The van der Waals surface area contributed by atoms with Gasteiger partial charge in [-0.15, -0.1) is 5.10 Å². The van der Waals surface area contributed by atoms with Crippen LogP contribution in [0.2, 0.25) is 0 Å². The fourth-order valence-corrected chi connectivity index (χ4v) is 2.48. The van der Waals surface area contributed by atoms with E-state index in [2.05, 4.69) is 10.2 Å². The Balaban J connectivity index is 2.20. The third-order valence-electron chi connectivity index (χ3n) is 2.52. The minimum Gasteiger partial charge on any atom is -0.369 e. The molecule has 1 unspecified atom stereocenters. The number of nitrogens with two attached hydrogens (primary N) is 1. The highest BCUT2D eigenvalue weighted by atomic mass is 32.2. The summed E-state index contributed by atoms with van der Waals surface area (Å²) >= 11 is 1.26. The van der Waals surface area contributed by atoms with E-state index in [0.717, 1.165) is 12.8 Å². The number of carbonyl (C=O) groups excluding carboxylic acids is 1. The molecule has 1 fully saturated rings. The number of H-pyrrole nitrogens is 1. The van der Waals surface area contributed by atoms with E-state index in [9.17, 15) is 9.59 Å². The standard InChI is InChI=1S/C9H14N4O2S/c1-2-6(7(10)14)16-9-12-11-8(15)13(9)5-3-4-5/h5-6H,2-4H2,1H3,(H2,10,14)(H,11,15). The highest BCUT2D eigenvalue weighted by Gasteiger charge is 2.30. The van der Waals surface area contributed by atoms with Gasteiger partial charge in [0.05, 0.1) is 5.25 Å². The van der Waals surface area contributed by atoms with Gasteiger partial charge in [0.1, 0.15) is 0 Å². The van der Waals surface area contributed by atoms with Crippen molar-refractivity contribution >= 4 is 17.7 Å². The summed E-state index contributed by atoms with van der Waals surface area (Å²) in [6.45, 7) is 1.88. The molecule has 1 saturated carbocycles. The van der Waals surface area contributed by atoms with Crippen LogP contribution in [0.4, 0.5) is 0 Å². The van der Waals surface area contributed by atoms with Gasteiger partial charge in [0.2, 0.25) is 5.91 Å². The van der Waals surface area contributed by atoms with Crippen LogP contribution in [0.15, 0.2) is 9.95 Å². The first-order valence-electron chi connectivity index (χ1n) is 5.26. The fraction of sp³-hybridized carbons (Fsp3) is 0.667. The van der Waals surface area contributed by atoms with Gasteiger partial charge < -0.3 is 5.73 Å². The van der Waals surface area contributed by atoms with Crippen LogP contribution in [0, 0.1) is 0 Å². The molecule has 6 nitrogen and oxygen atoms in total. The molecule has 1 aromatic heterocycles. The van der Waals surface area contributed by atoms with Crippen LogP contribution in [0.1, 0.15) is 32.2 Å². The van der Waals surface area contributed by atoms with Crippen molar-refractivity contribution in [2.75, 3.05) is 0 Å². The van der Waals surface area contributed by atoms with Crippen LogP contribution in [-0.2, 0) is 4.79 Å². The molecule has 2 rings (SSSR count). The Kier molecular flexibility index (Phi) is 3.04. The summed E-state index contributed by atoms with van der Waals surface area (Å²) in [7, 11) is 0. The van der Waals surface area contributed by atoms with Crippen molar-refractivity contribution in [2.24, 2.45) is 5.73 Å². The largest absolute Gasteiger partial charge is 0.369 e. The molecular weight excluding hydrogens is 228 g/mol. The maximum atomic E-state index is 11.5. The zero-order valence-corrected chi connectivity index (χ0v) is 9.79. The number of nitrogens with one attached hydrogen (secondary N) is 1. The Morgan fingerprint density at radius 3 is 2.94 bits per heavy atom. The lowest BCUT2D eigenvalue weighted by atomic mass is 10.3. The second kappa shape index (κ2) is 4.32. The van der Waals surface area contributed by atoms with Crippen LogP contribution >= 0.6 is 11.8 Å². The van der Waals surface area contributed by atoms with Crippen LogP contribution in [0.5, 0.6) is 0 Å². The van der Waals surface area contributed by atoms with E-state index in [1.165, 1.54) is 11.8 Å². The third kappa shape index (κ3) is 2.13. The van der Waals surface area contributed by atoms with Gasteiger partial charge >= 0.3 is 5.69 Å². The molecule has 0 radical (unpaired) electrons. The van der Waals surface area contributed by atoms with E-state index in [0.29, 0.717) is 11.6 Å². The van der Waals surface area contributed by atoms with Crippen LogP contribution in [0.25, 0.3) is 0 Å². The van der Waals surface area contributed by atoms with Crippen molar-refractivity contribution in [1.29, 1.82) is 0 Å². The summed E-state index contributed by atoms with van der Waals surface area (Å²) in [5.74, 6) is -0.370. The molecule has 0 spiro atoms. The van der Waals surface area contributed by atoms with Gasteiger partial charge in [-0.25, -0.2) is 9.89 Å². The zero-order chi connectivity index (χ0) is 11.7. The zero-order valence-electron chi connectivity index (χ0n) is 8.97. The quantitative estimate of drug-likeness (QED) is 0.724. The molecule has 1 aromatic rings. The Morgan fingerprint density at radius 2 is 2.44 bits per heavy atom. The minimum atomic E-state index is -0.370. The number of aromatic nitrogens is 3. The van der Waals surface area contributed by atoms with Crippen molar-refractivity contribution in [1.82, 2.24) is 14.8 Å². The van der Waals surface area contributed by atoms with Gasteiger partial charge in [0.15, 0.2) is 5.16 Å². The van der Waals surface area contributed by atoms with Gasteiger partial charge in [-0.1, -0.05) is 18.7 Å². The second-order valence-corrected chi connectivity index (χ2v) is 5.00. The Labute approximate surface area is 96.6 Å². The third-order valence-corrected chi connectivity index (χ3v) is 3.87. The summed E-state index contributed by atoms with van der Waals surface area (Å²) in [5, 5.41) is 6.58. The Hall–Kier alpha value is -1.24. The molecule has 0 bridgehead atoms. The average molecular weight is 242 g/mol. The summed E-state index contributed by atoms with van der Waals surface area (Å²) in [6.07, 6.45) is 2.63. The lowest BCUT2D eigenvalue weighted by Crippen LogP contribution is -2.26. The molecule has 16 heavy (non-hydrogen) atoms. The first-order valence-corrected chi connectivity index (χ1v) is 6.14. The maximum absolute atomic E-state index is 11.5. The first-order chi connectivity index (χ1) is 7.63. The molecule has 7 heteroatoms. The molecule has 0 aromatic carbocycles. The highest BCUT2D eigenvalue weighted by Crippen LogP contribution is 2.36. The van der Waals surface area contributed by atoms with Gasteiger partial charge in [-0.3, -0.25) is 9.36 Å². The maximum Gasteiger partial charge on any atom is 0.344 e. The number of hydrogen-bond acceptors (Lipinski definition) is 4. The molecule has 1 aliphatic rings. The van der Waals surface area contributed by atoms with Gasteiger partial charge in [-0.05, 0) is 19.3 Å².